The molecule has 0 atom stereocenters. The summed E-state index contributed by atoms with van der Waals surface area (Å²) in [5.74, 6) is 0.610. The molecule has 0 aliphatic rings. The first-order valence-corrected chi connectivity index (χ1v) is 11.0. The molecule has 8 heteroatoms. The number of hydrogen-bond acceptors (Lipinski definition) is 5. The van der Waals surface area contributed by atoms with Gasteiger partial charge in [0.15, 0.2) is 11.4 Å². The number of benzene rings is 2. The van der Waals surface area contributed by atoms with Crippen LogP contribution in [0.2, 0.25) is 0 Å². The van der Waals surface area contributed by atoms with Gasteiger partial charge in [-0.1, -0.05) is 57.2 Å². The minimum Gasteiger partial charge on any atom is -0.436 e. The van der Waals surface area contributed by atoms with Crippen LogP contribution in [0.3, 0.4) is 0 Å². The van der Waals surface area contributed by atoms with E-state index in [0.29, 0.717) is 33.8 Å². The molecule has 5 rings (SSSR count). The normalized spacial score (nSPS) is 12.3. The number of aromatic nitrogens is 4. The van der Waals surface area contributed by atoms with Crippen molar-refractivity contribution < 1.29 is 17.6 Å². The Morgan fingerprint density at radius 3 is 2.09 bits per heavy atom. The van der Waals surface area contributed by atoms with Gasteiger partial charge in [0.2, 0.25) is 5.89 Å². The van der Waals surface area contributed by atoms with Gasteiger partial charge < -0.3 is 4.42 Å². The fraction of sp³-hybridized carbons (Fsp3) is 0.185. The van der Waals surface area contributed by atoms with Crippen molar-refractivity contribution in [1.82, 2.24) is 19.9 Å². The molecule has 0 aliphatic carbocycles. The highest BCUT2D eigenvalue weighted by Gasteiger charge is 2.32. The molecule has 5 nitrogen and oxygen atoms in total. The summed E-state index contributed by atoms with van der Waals surface area (Å²) in [4.78, 5) is 17.2. The second-order valence-corrected chi connectivity index (χ2v) is 9.20. The number of para-hydroxylation sites is 2. The Morgan fingerprint density at radius 1 is 0.743 bits per heavy atom. The molecule has 0 N–H and O–H groups in total. The lowest BCUT2D eigenvalue weighted by Crippen LogP contribution is -2.10. The number of alkyl halides is 3. The van der Waals surface area contributed by atoms with Gasteiger partial charge in [-0.2, -0.15) is 13.2 Å². The first-order chi connectivity index (χ1) is 16.6. The number of rotatable bonds is 3. The standard InChI is InChI=1S/C27H21F3N4O/c1-26(2,3)18-11-8-16(9-12-18)23-19(25-33-20-6-4-5-7-21(20)35-25)15-32-24(34-23)17-10-13-22(31-14-17)27(28,29)30/h4-15H,1-3H3. The minimum absolute atomic E-state index is 0.0234. The highest BCUT2D eigenvalue weighted by molar-refractivity contribution is 5.82. The number of pyridine rings is 1. The molecule has 3 aromatic heterocycles. The lowest BCUT2D eigenvalue weighted by atomic mass is 9.86. The molecule has 0 fully saturated rings. The Morgan fingerprint density at radius 2 is 1.46 bits per heavy atom. The van der Waals surface area contributed by atoms with Crippen molar-refractivity contribution in [2.75, 3.05) is 0 Å². The van der Waals surface area contributed by atoms with Gasteiger partial charge in [-0.15, -0.1) is 0 Å². The Bertz CT molecular complexity index is 1470. The van der Waals surface area contributed by atoms with E-state index in [0.717, 1.165) is 23.4 Å². The molecule has 0 unspecified atom stereocenters. The van der Waals surface area contributed by atoms with E-state index in [1.165, 1.54) is 6.07 Å². The zero-order valence-corrected chi connectivity index (χ0v) is 19.3. The maximum Gasteiger partial charge on any atom is 0.433 e. The van der Waals surface area contributed by atoms with Crippen LogP contribution in [0, 0.1) is 0 Å². The van der Waals surface area contributed by atoms with Crippen LogP contribution in [0.25, 0.3) is 45.2 Å². The third-order valence-corrected chi connectivity index (χ3v) is 5.65. The van der Waals surface area contributed by atoms with Crippen molar-refractivity contribution in [3.8, 4) is 34.1 Å². The molecule has 0 amide bonds. The van der Waals surface area contributed by atoms with Gasteiger partial charge in [0, 0.05) is 23.5 Å². The monoisotopic (exact) mass is 474 g/mol. The lowest BCUT2D eigenvalue weighted by molar-refractivity contribution is -0.141. The average Bonchev–Trinajstić information content (AvgIpc) is 3.27. The number of oxazole rings is 1. The Labute approximate surface area is 199 Å². The number of halogens is 3. The van der Waals surface area contributed by atoms with Crippen molar-refractivity contribution in [3.63, 3.8) is 0 Å². The molecule has 0 spiro atoms. The van der Waals surface area contributed by atoms with Crippen molar-refractivity contribution in [2.45, 2.75) is 32.4 Å². The van der Waals surface area contributed by atoms with Gasteiger partial charge in [-0.3, -0.25) is 4.98 Å². The third kappa shape index (κ3) is 4.51. The van der Waals surface area contributed by atoms with E-state index in [-0.39, 0.29) is 11.2 Å². The molecule has 5 aromatic rings. The highest BCUT2D eigenvalue weighted by Crippen LogP contribution is 2.35. The van der Waals surface area contributed by atoms with Gasteiger partial charge in [-0.25, -0.2) is 15.0 Å². The van der Waals surface area contributed by atoms with Gasteiger partial charge in [0.05, 0.1) is 11.3 Å². The summed E-state index contributed by atoms with van der Waals surface area (Å²) in [6.45, 7) is 6.39. The molecular weight excluding hydrogens is 453 g/mol. The Kier molecular flexibility index (Phi) is 5.39. The van der Waals surface area contributed by atoms with Crippen LogP contribution in [-0.2, 0) is 11.6 Å². The first kappa shape index (κ1) is 22.7. The SMILES string of the molecule is CC(C)(C)c1ccc(-c2nc(-c3ccc(C(F)(F)F)nc3)ncc2-c2nc3ccccc3o2)cc1. The molecule has 176 valence electrons. The fourth-order valence-electron chi connectivity index (χ4n) is 3.71. The van der Waals surface area contributed by atoms with Crippen LogP contribution < -0.4 is 0 Å². The summed E-state index contributed by atoms with van der Waals surface area (Å²) in [7, 11) is 0. The molecule has 0 saturated heterocycles. The average molecular weight is 474 g/mol. The van der Waals surface area contributed by atoms with Crippen LogP contribution in [0.1, 0.15) is 32.0 Å². The molecular formula is C27H21F3N4O. The van der Waals surface area contributed by atoms with E-state index < -0.39 is 11.9 Å². The fourth-order valence-corrected chi connectivity index (χ4v) is 3.71. The minimum atomic E-state index is -4.52. The number of hydrogen-bond donors (Lipinski definition) is 0. The van der Waals surface area contributed by atoms with Crippen LogP contribution in [0.5, 0.6) is 0 Å². The van der Waals surface area contributed by atoms with Crippen molar-refractivity contribution in [3.05, 3.63) is 84.3 Å². The lowest BCUT2D eigenvalue weighted by Gasteiger charge is -2.19. The van der Waals surface area contributed by atoms with Crippen LogP contribution in [0.4, 0.5) is 13.2 Å². The van der Waals surface area contributed by atoms with E-state index >= 15 is 0 Å². The van der Waals surface area contributed by atoms with Gasteiger partial charge in [-0.05, 0) is 35.2 Å². The maximum atomic E-state index is 12.9. The Balaban J connectivity index is 1.64. The third-order valence-electron chi connectivity index (χ3n) is 5.65. The summed E-state index contributed by atoms with van der Waals surface area (Å²) >= 11 is 0. The number of fused-ring (bicyclic) bond motifs is 1. The zero-order valence-electron chi connectivity index (χ0n) is 19.3. The van der Waals surface area contributed by atoms with E-state index in [2.05, 4.69) is 35.7 Å². The van der Waals surface area contributed by atoms with Crippen molar-refractivity contribution in [2.24, 2.45) is 0 Å². The maximum absolute atomic E-state index is 12.9. The summed E-state index contributed by atoms with van der Waals surface area (Å²) in [6.07, 6.45) is -1.81. The molecule has 35 heavy (non-hydrogen) atoms. The first-order valence-electron chi connectivity index (χ1n) is 11.0. The zero-order chi connectivity index (χ0) is 24.8. The van der Waals surface area contributed by atoms with Crippen molar-refractivity contribution >= 4 is 11.1 Å². The van der Waals surface area contributed by atoms with Crippen molar-refractivity contribution in [1.29, 1.82) is 0 Å². The van der Waals surface area contributed by atoms with E-state index in [4.69, 9.17) is 9.40 Å². The second kappa shape index (κ2) is 8.30. The second-order valence-electron chi connectivity index (χ2n) is 9.20. The summed E-state index contributed by atoms with van der Waals surface area (Å²) in [5.41, 5.74) is 3.81. The summed E-state index contributed by atoms with van der Waals surface area (Å²) < 4.78 is 44.8. The molecule has 0 saturated carbocycles. The largest absolute Gasteiger partial charge is 0.436 e. The highest BCUT2D eigenvalue weighted by atomic mass is 19.4. The summed E-state index contributed by atoms with van der Waals surface area (Å²) in [5, 5.41) is 0. The molecule has 2 aromatic carbocycles. The molecule has 0 bridgehead atoms. The smallest absolute Gasteiger partial charge is 0.433 e. The topological polar surface area (TPSA) is 64.7 Å². The predicted molar refractivity (Wildman–Crippen MR) is 127 cm³/mol. The molecule has 0 radical (unpaired) electrons. The van der Waals surface area contributed by atoms with Crippen LogP contribution in [0.15, 0.2) is 77.5 Å². The summed E-state index contributed by atoms with van der Waals surface area (Å²) in [6, 6.07) is 17.6. The van der Waals surface area contributed by atoms with Gasteiger partial charge >= 0.3 is 6.18 Å². The predicted octanol–water partition coefficient (Wildman–Crippen LogP) is 7.33. The van der Waals surface area contributed by atoms with E-state index in [9.17, 15) is 13.2 Å². The quantitative estimate of drug-likeness (QED) is 0.274. The number of nitrogens with zero attached hydrogens (tertiary/aromatic N) is 4. The van der Waals surface area contributed by atoms with Crippen LogP contribution in [-0.4, -0.2) is 19.9 Å². The van der Waals surface area contributed by atoms with Crippen LogP contribution >= 0.6 is 0 Å². The van der Waals surface area contributed by atoms with E-state index in [1.807, 2.05) is 48.5 Å². The van der Waals surface area contributed by atoms with Gasteiger partial charge in [0.1, 0.15) is 11.2 Å². The molecule has 3 heterocycles. The molecule has 0 aliphatic heterocycles. The van der Waals surface area contributed by atoms with Gasteiger partial charge in [0.25, 0.3) is 0 Å². The Hall–Kier alpha value is -4.07. The van der Waals surface area contributed by atoms with E-state index in [1.54, 1.807) is 6.20 Å².